The van der Waals surface area contributed by atoms with Gasteiger partial charge in [-0.15, -0.1) is 0 Å². The largest absolute Gasteiger partial charge is 0.355 e. The first kappa shape index (κ1) is 13.8. The number of hydrogen-bond acceptors (Lipinski definition) is 2. The zero-order chi connectivity index (χ0) is 14.5. The van der Waals surface area contributed by atoms with E-state index >= 15 is 0 Å². The van der Waals surface area contributed by atoms with Gasteiger partial charge in [-0.2, -0.15) is 0 Å². The fourth-order valence-corrected chi connectivity index (χ4v) is 1.76. The molecule has 0 heterocycles. The van der Waals surface area contributed by atoms with Crippen LogP contribution >= 0.6 is 0 Å². The number of rotatable bonds is 3. The van der Waals surface area contributed by atoms with Gasteiger partial charge >= 0.3 is 0 Å². The maximum Gasteiger partial charge on any atom is 0.255 e. The maximum absolute atomic E-state index is 12.0. The van der Waals surface area contributed by atoms with Crippen molar-refractivity contribution in [2.24, 2.45) is 0 Å². The standard InChI is InChI=1S/C16H16N2O2/c1-11-3-9-14(10-4-11)18-16(20)13-7-5-12(6-8-13)15(19)17-2/h3-10H,1-2H3,(H,17,19)(H,18,20). The third kappa shape index (κ3) is 3.23. The Kier molecular flexibility index (Phi) is 4.15. The molecule has 4 nitrogen and oxygen atoms in total. The van der Waals surface area contributed by atoms with Crippen molar-refractivity contribution in [3.63, 3.8) is 0 Å². The normalized spacial score (nSPS) is 9.90. The lowest BCUT2D eigenvalue weighted by atomic mass is 10.1. The smallest absolute Gasteiger partial charge is 0.255 e. The summed E-state index contributed by atoms with van der Waals surface area (Å²) >= 11 is 0. The van der Waals surface area contributed by atoms with Crippen molar-refractivity contribution in [1.82, 2.24) is 5.32 Å². The van der Waals surface area contributed by atoms with Crippen molar-refractivity contribution >= 4 is 17.5 Å². The molecule has 0 saturated heterocycles. The van der Waals surface area contributed by atoms with Gasteiger partial charge in [-0.1, -0.05) is 17.7 Å². The van der Waals surface area contributed by atoms with Crippen LogP contribution in [-0.2, 0) is 0 Å². The third-order valence-corrected chi connectivity index (χ3v) is 2.95. The fourth-order valence-electron chi connectivity index (χ4n) is 1.76. The predicted octanol–water partition coefficient (Wildman–Crippen LogP) is 2.61. The second-order valence-electron chi connectivity index (χ2n) is 4.48. The fraction of sp³-hybridized carbons (Fsp3) is 0.125. The number of hydrogen-bond donors (Lipinski definition) is 2. The van der Waals surface area contributed by atoms with Gasteiger partial charge in [-0.3, -0.25) is 9.59 Å². The molecule has 0 aromatic heterocycles. The summed E-state index contributed by atoms with van der Waals surface area (Å²) in [5.41, 5.74) is 2.92. The Morgan fingerprint density at radius 1 is 0.800 bits per heavy atom. The molecule has 0 fully saturated rings. The second kappa shape index (κ2) is 6.02. The molecule has 2 rings (SSSR count). The molecule has 2 aromatic carbocycles. The highest BCUT2D eigenvalue weighted by Gasteiger charge is 2.08. The van der Waals surface area contributed by atoms with Crippen molar-refractivity contribution in [1.29, 1.82) is 0 Å². The molecule has 2 aromatic rings. The van der Waals surface area contributed by atoms with Gasteiger partial charge in [0, 0.05) is 23.9 Å². The van der Waals surface area contributed by atoms with Crippen molar-refractivity contribution < 1.29 is 9.59 Å². The topological polar surface area (TPSA) is 58.2 Å². The second-order valence-corrected chi connectivity index (χ2v) is 4.48. The number of carbonyl (C=O) groups is 2. The summed E-state index contributed by atoms with van der Waals surface area (Å²) in [4.78, 5) is 23.4. The SMILES string of the molecule is CNC(=O)c1ccc(C(=O)Nc2ccc(C)cc2)cc1. The minimum atomic E-state index is -0.197. The first-order chi connectivity index (χ1) is 9.60. The number of aryl methyl sites for hydroxylation is 1. The van der Waals surface area contributed by atoms with Crippen LogP contribution in [0.1, 0.15) is 26.3 Å². The highest BCUT2D eigenvalue weighted by atomic mass is 16.2. The molecule has 2 amide bonds. The van der Waals surface area contributed by atoms with Gasteiger partial charge < -0.3 is 10.6 Å². The Bertz CT molecular complexity index is 616. The van der Waals surface area contributed by atoms with E-state index < -0.39 is 0 Å². The van der Waals surface area contributed by atoms with Gasteiger partial charge in [0.15, 0.2) is 0 Å². The maximum atomic E-state index is 12.0. The van der Waals surface area contributed by atoms with Crippen molar-refractivity contribution in [3.05, 3.63) is 65.2 Å². The average Bonchev–Trinajstić information content (AvgIpc) is 2.49. The quantitative estimate of drug-likeness (QED) is 0.899. The molecular weight excluding hydrogens is 252 g/mol. The summed E-state index contributed by atoms with van der Waals surface area (Å²) in [6.45, 7) is 1.99. The lowest BCUT2D eigenvalue weighted by Crippen LogP contribution is -2.18. The van der Waals surface area contributed by atoms with E-state index in [1.807, 2.05) is 31.2 Å². The van der Waals surface area contributed by atoms with E-state index in [1.165, 1.54) is 0 Å². The van der Waals surface area contributed by atoms with Gasteiger partial charge in [-0.05, 0) is 43.3 Å². The Morgan fingerprint density at radius 3 is 1.80 bits per heavy atom. The summed E-state index contributed by atoms with van der Waals surface area (Å²) < 4.78 is 0. The predicted molar refractivity (Wildman–Crippen MR) is 79.0 cm³/mol. The molecule has 0 saturated carbocycles. The Morgan fingerprint density at radius 2 is 1.30 bits per heavy atom. The molecule has 4 heteroatoms. The van der Waals surface area contributed by atoms with Crippen molar-refractivity contribution in [3.8, 4) is 0 Å². The number of carbonyl (C=O) groups excluding carboxylic acids is 2. The lowest BCUT2D eigenvalue weighted by Gasteiger charge is -2.06. The van der Waals surface area contributed by atoms with Crippen LogP contribution in [-0.4, -0.2) is 18.9 Å². The molecule has 0 radical (unpaired) electrons. The first-order valence-corrected chi connectivity index (χ1v) is 6.30. The van der Waals surface area contributed by atoms with Gasteiger partial charge in [0.1, 0.15) is 0 Å². The van der Waals surface area contributed by atoms with Crippen LogP contribution in [0.3, 0.4) is 0 Å². The van der Waals surface area contributed by atoms with E-state index in [4.69, 9.17) is 0 Å². The molecule has 0 spiro atoms. The van der Waals surface area contributed by atoms with Crippen LogP contribution in [0.15, 0.2) is 48.5 Å². The molecular formula is C16H16N2O2. The Labute approximate surface area is 117 Å². The summed E-state index contributed by atoms with van der Waals surface area (Å²) in [6.07, 6.45) is 0. The average molecular weight is 268 g/mol. The Hall–Kier alpha value is -2.62. The van der Waals surface area contributed by atoms with E-state index in [9.17, 15) is 9.59 Å². The zero-order valence-electron chi connectivity index (χ0n) is 11.4. The summed E-state index contributed by atoms with van der Waals surface area (Å²) in [5, 5.41) is 5.34. The van der Waals surface area contributed by atoms with E-state index in [0.717, 1.165) is 11.3 Å². The van der Waals surface area contributed by atoms with Gasteiger partial charge in [0.05, 0.1) is 0 Å². The van der Waals surface area contributed by atoms with Crippen LogP contribution in [0.4, 0.5) is 5.69 Å². The molecule has 20 heavy (non-hydrogen) atoms. The molecule has 0 atom stereocenters. The third-order valence-electron chi connectivity index (χ3n) is 2.95. The number of anilines is 1. The van der Waals surface area contributed by atoms with Crippen molar-refractivity contribution in [2.75, 3.05) is 12.4 Å². The van der Waals surface area contributed by atoms with E-state index in [2.05, 4.69) is 10.6 Å². The van der Waals surface area contributed by atoms with Crippen LogP contribution in [0.2, 0.25) is 0 Å². The lowest BCUT2D eigenvalue weighted by molar-refractivity contribution is 0.0961. The van der Waals surface area contributed by atoms with Crippen molar-refractivity contribution in [2.45, 2.75) is 6.92 Å². The van der Waals surface area contributed by atoms with Gasteiger partial charge in [0.25, 0.3) is 11.8 Å². The van der Waals surface area contributed by atoms with Gasteiger partial charge in [-0.25, -0.2) is 0 Å². The highest BCUT2D eigenvalue weighted by Crippen LogP contribution is 2.11. The minimum Gasteiger partial charge on any atom is -0.355 e. The van der Waals surface area contributed by atoms with E-state index in [-0.39, 0.29) is 11.8 Å². The summed E-state index contributed by atoms with van der Waals surface area (Å²) in [7, 11) is 1.57. The van der Waals surface area contributed by atoms with Gasteiger partial charge in [0.2, 0.25) is 0 Å². The monoisotopic (exact) mass is 268 g/mol. The molecule has 0 bridgehead atoms. The molecule has 2 N–H and O–H groups in total. The summed E-state index contributed by atoms with van der Waals surface area (Å²) in [5.74, 6) is -0.368. The van der Waals surface area contributed by atoms with Crippen LogP contribution in [0, 0.1) is 6.92 Å². The molecule has 0 unspecified atom stereocenters. The highest BCUT2D eigenvalue weighted by molar-refractivity contribution is 6.05. The van der Waals surface area contributed by atoms with Crippen LogP contribution < -0.4 is 10.6 Å². The molecule has 102 valence electrons. The minimum absolute atomic E-state index is 0.171. The Balaban J connectivity index is 2.09. The molecule has 0 aliphatic carbocycles. The summed E-state index contributed by atoms with van der Waals surface area (Å²) in [6, 6.07) is 14.1. The number of benzene rings is 2. The molecule has 0 aliphatic heterocycles. The zero-order valence-corrected chi connectivity index (χ0v) is 11.4. The van der Waals surface area contributed by atoms with E-state index in [1.54, 1.807) is 31.3 Å². The number of amides is 2. The van der Waals surface area contributed by atoms with Crippen LogP contribution in [0.25, 0.3) is 0 Å². The first-order valence-electron chi connectivity index (χ1n) is 6.30. The van der Waals surface area contributed by atoms with E-state index in [0.29, 0.717) is 11.1 Å². The number of nitrogens with one attached hydrogen (secondary N) is 2. The van der Waals surface area contributed by atoms with Crippen LogP contribution in [0.5, 0.6) is 0 Å². The molecule has 0 aliphatic rings.